The van der Waals surface area contributed by atoms with E-state index in [4.69, 9.17) is 9.47 Å². The lowest BCUT2D eigenvalue weighted by atomic mass is 10.2. The van der Waals surface area contributed by atoms with Gasteiger partial charge < -0.3 is 9.47 Å². The molecule has 1 heterocycles. The number of carbonyl (C=O) groups is 1. The largest absolute Gasteiger partial charge is 0.449 e. The van der Waals surface area contributed by atoms with Gasteiger partial charge in [0.2, 0.25) is 0 Å². The van der Waals surface area contributed by atoms with Crippen LogP contribution in [-0.4, -0.2) is 6.29 Å². The first-order valence-electron chi connectivity index (χ1n) is 4.91. The van der Waals surface area contributed by atoms with Crippen LogP contribution in [0.2, 0.25) is 0 Å². The number of carbonyl (C=O) groups excluding carboxylic acids is 1. The van der Waals surface area contributed by atoms with E-state index in [1.807, 2.05) is 18.2 Å². The Morgan fingerprint density at radius 3 is 2.25 bits per heavy atom. The average molecular weight is 212 g/mol. The fourth-order valence-electron chi connectivity index (χ4n) is 1.66. The second-order valence-corrected chi connectivity index (χ2v) is 3.44. The van der Waals surface area contributed by atoms with Crippen molar-refractivity contribution < 1.29 is 14.3 Å². The minimum Gasteiger partial charge on any atom is -0.449 e. The summed E-state index contributed by atoms with van der Waals surface area (Å²) in [4.78, 5) is 10.9. The van der Waals surface area contributed by atoms with E-state index in [1.165, 1.54) is 0 Å². The highest BCUT2D eigenvalue weighted by Crippen LogP contribution is 2.45. The Balaban J connectivity index is 2.15. The maximum atomic E-state index is 10.9. The molecule has 1 aliphatic rings. The third-order valence-electron chi connectivity index (χ3n) is 2.42. The molecule has 1 aliphatic heterocycles. The molecule has 0 aliphatic carbocycles. The monoisotopic (exact) mass is 212 g/mol. The van der Waals surface area contributed by atoms with Gasteiger partial charge in [-0.3, -0.25) is 4.79 Å². The molecule has 0 amide bonds. The van der Waals surface area contributed by atoms with Gasteiger partial charge in [-0.2, -0.15) is 0 Å². The quantitative estimate of drug-likeness (QED) is 0.580. The maximum Gasteiger partial charge on any atom is 0.180 e. The molecule has 0 saturated carbocycles. The minimum atomic E-state index is 0.483. The van der Waals surface area contributed by atoms with Crippen LogP contribution >= 0.6 is 0 Å². The molecule has 0 bridgehead atoms. The summed E-state index contributed by atoms with van der Waals surface area (Å²) < 4.78 is 11.3. The Kier molecular flexibility index (Phi) is 1.90. The Hall–Kier alpha value is -2.29. The molecule has 3 heteroatoms. The van der Waals surface area contributed by atoms with Crippen LogP contribution in [-0.2, 0) is 0 Å². The van der Waals surface area contributed by atoms with Gasteiger partial charge in [0.1, 0.15) is 0 Å². The van der Waals surface area contributed by atoms with Crippen molar-refractivity contribution >= 4 is 6.29 Å². The van der Waals surface area contributed by atoms with Crippen LogP contribution in [0.15, 0.2) is 42.5 Å². The third kappa shape index (κ3) is 1.26. The SMILES string of the molecule is O=Cc1cccc2c1Oc1ccccc1O2. The van der Waals surface area contributed by atoms with Crippen molar-refractivity contribution in [2.24, 2.45) is 0 Å². The zero-order valence-electron chi connectivity index (χ0n) is 8.34. The third-order valence-corrected chi connectivity index (χ3v) is 2.42. The van der Waals surface area contributed by atoms with Crippen LogP contribution < -0.4 is 9.47 Å². The number of hydrogen-bond donors (Lipinski definition) is 0. The molecule has 0 fully saturated rings. The lowest BCUT2D eigenvalue weighted by Gasteiger charge is -2.21. The Bertz CT molecular complexity index is 561. The molecule has 0 N–H and O–H groups in total. The van der Waals surface area contributed by atoms with E-state index in [0.717, 1.165) is 6.29 Å². The Morgan fingerprint density at radius 1 is 0.812 bits per heavy atom. The van der Waals surface area contributed by atoms with E-state index in [9.17, 15) is 4.79 Å². The predicted octanol–water partition coefficient (Wildman–Crippen LogP) is 3.40. The summed E-state index contributed by atoms with van der Waals surface area (Å²) in [6.45, 7) is 0. The molecule has 0 spiro atoms. The van der Waals surface area contributed by atoms with Crippen molar-refractivity contribution in [1.29, 1.82) is 0 Å². The zero-order chi connectivity index (χ0) is 11.0. The van der Waals surface area contributed by atoms with Crippen molar-refractivity contribution in [2.75, 3.05) is 0 Å². The fraction of sp³-hybridized carbons (Fsp3) is 0. The van der Waals surface area contributed by atoms with Gasteiger partial charge in [0.25, 0.3) is 0 Å². The van der Waals surface area contributed by atoms with E-state index in [1.54, 1.807) is 24.3 Å². The van der Waals surface area contributed by atoms with Crippen molar-refractivity contribution in [3.8, 4) is 23.0 Å². The molecule has 0 radical (unpaired) electrons. The summed E-state index contributed by atoms with van der Waals surface area (Å²) in [5.41, 5.74) is 0.493. The molecule has 16 heavy (non-hydrogen) atoms. The number of hydrogen-bond acceptors (Lipinski definition) is 3. The first-order chi connectivity index (χ1) is 7.88. The van der Waals surface area contributed by atoms with E-state index in [-0.39, 0.29) is 0 Å². The van der Waals surface area contributed by atoms with Gasteiger partial charge in [-0.25, -0.2) is 0 Å². The number of fused-ring (bicyclic) bond motifs is 2. The first kappa shape index (κ1) is 8.97. The number of benzene rings is 2. The Morgan fingerprint density at radius 2 is 1.50 bits per heavy atom. The molecule has 3 nitrogen and oxygen atoms in total. The van der Waals surface area contributed by atoms with E-state index < -0.39 is 0 Å². The Labute approximate surface area is 92.2 Å². The predicted molar refractivity (Wildman–Crippen MR) is 58.4 cm³/mol. The number of rotatable bonds is 1. The lowest BCUT2D eigenvalue weighted by molar-refractivity contribution is 0.112. The summed E-state index contributed by atoms with van der Waals surface area (Å²) in [6.07, 6.45) is 0.760. The van der Waals surface area contributed by atoms with Crippen molar-refractivity contribution in [3.05, 3.63) is 48.0 Å². The second kappa shape index (κ2) is 3.38. The topological polar surface area (TPSA) is 35.5 Å². The van der Waals surface area contributed by atoms with E-state index in [2.05, 4.69) is 0 Å². The normalized spacial score (nSPS) is 11.8. The molecule has 0 saturated heterocycles. The van der Waals surface area contributed by atoms with E-state index >= 15 is 0 Å². The van der Waals surface area contributed by atoms with Gasteiger partial charge in [-0.05, 0) is 24.3 Å². The summed E-state index contributed by atoms with van der Waals surface area (Å²) in [7, 11) is 0. The molecule has 2 aromatic carbocycles. The van der Waals surface area contributed by atoms with Gasteiger partial charge in [0.15, 0.2) is 29.3 Å². The molecule has 0 unspecified atom stereocenters. The highest BCUT2D eigenvalue weighted by atomic mass is 16.6. The number of aldehydes is 1. The summed E-state index contributed by atoms with van der Waals surface area (Å²) in [5, 5.41) is 0. The summed E-state index contributed by atoms with van der Waals surface area (Å²) >= 11 is 0. The first-order valence-corrected chi connectivity index (χ1v) is 4.91. The standard InChI is InChI=1S/C13H8O3/c14-8-9-4-3-7-12-13(9)16-11-6-2-1-5-10(11)15-12/h1-8H. The molecule has 78 valence electrons. The highest BCUT2D eigenvalue weighted by molar-refractivity contribution is 5.82. The van der Waals surface area contributed by atoms with Crippen molar-refractivity contribution in [1.82, 2.24) is 0 Å². The molecule has 3 rings (SSSR count). The van der Waals surface area contributed by atoms with Gasteiger partial charge in [0.05, 0.1) is 5.56 Å². The zero-order valence-corrected chi connectivity index (χ0v) is 8.34. The van der Waals surface area contributed by atoms with Crippen LogP contribution in [0.4, 0.5) is 0 Å². The molecule has 2 aromatic rings. The molecular formula is C13H8O3. The van der Waals surface area contributed by atoms with Gasteiger partial charge >= 0.3 is 0 Å². The van der Waals surface area contributed by atoms with Gasteiger partial charge in [-0.1, -0.05) is 18.2 Å². The van der Waals surface area contributed by atoms with Crippen LogP contribution in [0.5, 0.6) is 23.0 Å². The highest BCUT2D eigenvalue weighted by Gasteiger charge is 2.20. The van der Waals surface area contributed by atoms with Crippen LogP contribution in [0.25, 0.3) is 0 Å². The molecular weight excluding hydrogens is 204 g/mol. The number of ether oxygens (including phenoxy) is 2. The van der Waals surface area contributed by atoms with Gasteiger partial charge in [0, 0.05) is 0 Å². The molecule has 0 aromatic heterocycles. The summed E-state index contributed by atoms with van der Waals surface area (Å²) in [6, 6.07) is 12.6. The summed E-state index contributed by atoms with van der Waals surface area (Å²) in [5.74, 6) is 2.35. The van der Waals surface area contributed by atoms with Crippen LogP contribution in [0, 0.1) is 0 Å². The molecule has 0 atom stereocenters. The average Bonchev–Trinajstić information content (AvgIpc) is 2.35. The van der Waals surface area contributed by atoms with Crippen molar-refractivity contribution in [2.45, 2.75) is 0 Å². The maximum absolute atomic E-state index is 10.9. The number of para-hydroxylation sites is 3. The smallest absolute Gasteiger partial charge is 0.180 e. The lowest BCUT2D eigenvalue weighted by Crippen LogP contribution is -2.01. The van der Waals surface area contributed by atoms with E-state index in [0.29, 0.717) is 28.6 Å². The van der Waals surface area contributed by atoms with Crippen LogP contribution in [0.1, 0.15) is 10.4 Å². The van der Waals surface area contributed by atoms with Crippen molar-refractivity contribution in [3.63, 3.8) is 0 Å². The minimum absolute atomic E-state index is 0.483. The van der Waals surface area contributed by atoms with Gasteiger partial charge in [-0.15, -0.1) is 0 Å². The fourth-order valence-corrected chi connectivity index (χ4v) is 1.66. The van der Waals surface area contributed by atoms with Crippen LogP contribution in [0.3, 0.4) is 0 Å². The second-order valence-electron chi connectivity index (χ2n) is 3.44.